The van der Waals surface area contributed by atoms with Gasteiger partial charge in [0.2, 0.25) is 0 Å². The van der Waals surface area contributed by atoms with E-state index < -0.39 is 29.4 Å². The molecule has 0 fully saturated rings. The Bertz CT molecular complexity index is 1040. The highest BCUT2D eigenvalue weighted by molar-refractivity contribution is 6.14. The molecule has 0 bridgehead atoms. The summed E-state index contributed by atoms with van der Waals surface area (Å²) in [6, 6.07) is 5.38. The molecule has 2 amide bonds. The number of hydrogen-bond donors (Lipinski definition) is 1. The third kappa shape index (κ3) is 8.88. The summed E-state index contributed by atoms with van der Waals surface area (Å²) in [6.45, 7) is 12.0. The number of carbonyl (C=O) groups excluding carboxylic acids is 2. The smallest absolute Gasteiger partial charge is 0.419 e. The second kappa shape index (κ2) is 11.2. The van der Waals surface area contributed by atoms with Crippen LogP contribution in [0.1, 0.15) is 60.6 Å². The van der Waals surface area contributed by atoms with Crippen molar-refractivity contribution in [2.24, 2.45) is 5.92 Å². The molecule has 2 aromatic heterocycles. The number of imide groups is 1. The van der Waals surface area contributed by atoms with E-state index in [0.717, 1.165) is 4.90 Å². The Kier molecular flexibility index (Phi) is 8.78. The lowest BCUT2D eigenvalue weighted by Crippen LogP contribution is -2.45. The Hall–Kier alpha value is -3.69. The third-order valence-electron chi connectivity index (χ3n) is 4.45. The Morgan fingerprint density at radius 3 is 2.14 bits per heavy atom. The van der Waals surface area contributed by atoms with Gasteiger partial charge < -0.3 is 14.6 Å². The molecule has 1 N–H and O–H groups in total. The summed E-state index contributed by atoms with van der Waals surface area (Å²) < 4.78 is 12.4. The van der Waals surface area contributed by atoms with Crippen molar-refractivity contribution in [1.29, 1.82) is 0 Å². The Morgan fingerprint density at radius 1 is 1.06 bits per heavy atom. The monoisotopic (exact) mass is 486 g/mol. The molecule has 0 aliphatic rings. The average molecular weight is 487 g/mol. The van der Waals surface area contributed by atoms with E-state index in [1.807, 2.05) is 6.07 Å². The second-order valence-electron chi connectivity index (χ2n) is 10.2. The number of amides is 2. The highest BCUT2D eigenvalue weighted by Crippen LogP contribution is 2.20. The Morgan fingerprint density at radius 2 is 1.66 bits per heavy atom. The zero-order valence-electron chi connectivity index (χ0n) is 21.3. The summed E-state index contributed by atoms with van der Waals surface area (Å²) in [7, 11) is 0. The molecule has 0 spiro atoms. The Labute approximate surface area is 205 Å². The predicted molar refractivity (Wildman–Crippen MR) is 130 cm³/mol. The van der Waals surface area contributed by atoms with E-state index in [-0.39, 0.29) is 30.2 Å². The van der Waals surface area contributed by atoms with E-state index in [9.17, 15) is 19.5 Å². The quantitative estimate of drug-likeness (QED) is 0.546. The summed E-state index contributed by atoms with van der Waals surface area (Å²) >= 11 is 0. The second-order valence-corrected chi connectivity index (χ2v) is 10.2. The molecular weight excluding hydrogens is 452 g/mol. The SMILES string of the molecule is C[C@H](CC=C(C(=O)O)c1cn(-c2ccccn2)cn1)CN(C(=O)OC(C)(C)C)C(=O)OC(C)(C)C. The fourth-order valence-corrected chi connectivity index (χ4v) is 2.96. The number of allylic oxidation sites excluding steroid dienone is 1. The number of imidazole rings is 1. The first-order valence-corrected chi connectivity index (χ1v) is 11.3. The van der Waals surface area contributed by atoms with Crippen LogP contribution in [-0.2, 0) is 14.3 Å². The van der Waals surface area contributed by atoms with Crippen LogP contribution in [0.4, 0.5) is 9.59 Å². The van der Waals surface area contributed by atoms with Crippen LogP contribution in [-0.4, -0.2) is 60.4 Å². The molecule has 35 heavy (non-hydrogen) atoms. The maximum Gasteiger partial charge on any atom is 0.419 e. The minimum Gasteiger partial charge on any atom is -0.478 e. The molecule has 2 aromatic rings. The van der Waals surface area contributed by atoms with Crippen LogP contribution in [0.15, 0.2) is 43.0 Å². The minimum absolute atomic E-state index is 0.00705. The number of nitrogens with zero attached hydrogens (tertiary/aromatic N) is 4. The summed E-state index contributed by atoms with van der Waals surface area (Å²) in [4.78, 5) is 46.7. The topological polar surface area (TPSA) is 124 Å². The molecule has 1 atom stereocenters. The molecule has 0 aliphatic heterocycles. The van der Waals surface area contributed by atoms with E-state index in [0.29, 0.717) is 5.82 Å². The van der Waals surface area contributed by atoms with E-state index in [2.05, 4.69) is 9.97 Å². The van der Waals surface area contributed by atoms with Crippen molar-refractivity contribution in [2.75, 3.05) is 6.54 Å². The van der Waals surface area contributed by atoms with Gasteiger partial charge in [0.15, 0.2) is 0 Å². The molecule has 0 saturated carbocycles. The van der Waals surface area contributed by atoms with Crippen LogP contribution in [0.3, 0.4) is 0 Å². The molecule has 10 heteroatoms. The molecule has 190 valence electrons. The Balaban J connectivity index is 2.19. The van der Waals surface area contributed by atoms with Gasteiger partial charge in [-0.15, -0.1) is 0 Å². The van der Waals surface area contributed by atoms with Crippen molar-refractivity contribution in [2.45, 2.75) is 66.1 Å². The molecule has 0 aliphatic carbocycles. The van der Waals surface area contributed by atoms with E-state index >= 15 is 0 Å². The molecule has 0 aromatic carbocycles. The molecule has 0 unspecified atom stereocenters. The van der Waals surface area contributed by atoms with Crippen molar-refractivity contribution in [1.82, 2.24) is 19.4 Å². The van der Waals surface area contributed by atoms with Gasteiger partial charge in [0.25, 0.3) is 0 Å². The van der Waals surface area contributed by atoms with Gasteiger partial charge in [-0.05, 0) is 66.0 Å². The lowest BCUT2D eigenvalue weighted by Gasteiger charge is -2.29. The lowest BCUT2D eigenvalue weighted by atomic mass is 10.0. The van der Waals surface area contributed by atoms with Crippen molar-refractivity contribution in [3.8, 4) is 5.82 Å². The summed E-state index contributed by atoms with van der Waals surface area (Å²) in [6.07, 6.45) is 4.85. The number of aliphatic carboxylic acids is 1. The number of hydrogen-bond acceptors (Lipinski definition) is 7. The van der Waals surface area contributed by atoms with E-state index in [4.69, 9.17) is 9.47 Å². The number of aromatic nitrogens is 3. The van der Waals surface area contributed by atoms with Gasteiger partial charge in [0.05, 0.1) is 11.3 Å². The molecule has 2 rings (SSSR count). The van der Waals surface area contributed by atoms with Crippen LogP contribution < -0.4 is 0 Å². The van der Waals surface area contributed by atoms with Crippen LogP contribution in [0, 0.1) is 5.92 Å². The van der Waals surface area contributed by atoms with Gasteiger partial charge in [-0.25, -0.2) is 29.3 Å². The fraction of sp³-hybridized carbons (Fsp3) is 0.480. The highest BCUT2D eigenvalue weighted by atomic mass is 16.6. The van der Waals surface area contributed by atoms with Crippen LogP contribution >= 0.6 is 0 Å². The first-order chi connectivity index (χ1) is 16.2. The number of carboxylic acids is 1. The number of rotatable bonds is 7. The van der Waals surface area contributed by atoms with Gasteiger partial charge in [-0.1, -0.05) is 19.1 Å². The highest BCUT2D eigenvalue weighted by Gasteiger charge is 2.32. The summed E-state index contributed by atoms with van der Waals surface area (Å²) in [5.74, 6) is -0.823. The number of carbonyl (C=O) groups is 3. The number of carboxylic acid groups (broad SMARTS) is 1. The van der Waals surface area contributed by atoms with Gasteiger partial charge in [0.1, 0.15) is 23.3 Å². The van der Waals surface area contributed by atoms with Crippen LogP contribution in [0.2, 0.25) is 0 Å². The number of ether oxygens (including phenoxy) is 2. The first kappa shape index (κ1) is 27.6. The molecule has 0 saturated heterocycles. The zero-order valence-corrected chi connectivity index (χ0v) is 21.3. The molecule has 10 nitrogen and oxygen atoms in total. The van der Waals surface area contributed by atoms with Crippen molar-refractivity contribution < 1.29 is 29.0 Å². The maximum absolute atomic E-state index is 12.7. The number of pyridine rings is 1. The van der Waals surface area contributed by atoms with Crippen LogP contribution in [0.25, 0.3) is 11.4 Å². The molecule has 2 heterocycles. The molecule has 0 radical (unpaired) electrons. The minimum atomic E-state index is -1.14. The predicted octanol–water partition coefficient (Wildman–Crippen LogP) is 4.93. The van der Waals surface area contributed by atoms with E-state index in [1.165, 1.54) is 12.4 Å². The van der Waals surface area contributed by atoms with Crippen molar-refractivity contribution in [3.63, 3.8) is 0 Å². The van der Waals surface area contributed by atoms with Gasteiger partial charge in [-0.3, -0.25) is 4.57 Å². The normalized spacial score (nSPS) is 13.2. The lowest BCUT2D eigenvalue weighted by molar-refractivity contribution is -0.130. The van der Waals surface area contributed by atoms with Gasteiger partial charge >= 0.3 is 18.2 Å². The maximum atomic E-state index is 12.7. The summed E-state index contributed by atoms with van der Waals surface area (Å²) in [5.41, 5.74) is -1.33. The average Bonchev–Trinajstić information content (AvgIpc) is 3.19. The van der Waals surface area contributed by atoms with Gasteiger partial charge in [0, 0.05) is 18.9 Å². The standard InChI is InChI=1S/C25H34N4O6/c1-17(14-29(22(32)34-24(2,3)4)23(33)35-25(5,6)7)11-12-18(21(30)31)19-15-28(16-27-19)20-10-8-9-13-26-20/h8-10,12-13,15-17H,11,14H2,1-7H3,(H,30,31)/t17-/m1/s1. The molecular formula is C25H34N4O6. The van der Waals surface area contributed by atoms with Crippen molar-refractivity contribution in [3.05, 3.63) is 48.7 Å². The van der Waals surface area contributed by atoms with E-state index in [1.54, 1.807) is 77.6 Å². The van der Waals surface area contributed by atoms with Crippen LogP contribution in [0.5, 0.6) is 0 Å². The fourth-order valence-electron chi connectivity index (χ4n) is 2.96. The third-order valence-corrected chi connectivity index (χ3v) is 4.45. The van der Waals surface area contributed by atoms with Gasteiger partial charge in [-0.2, -0.15) is 0 Å². The largest absolute Gasteiger partial charge is 0.478 e. The van der Waals surface area contributed by atoms with Crippen molar-refractivity contribution >= 4 is 23.7 Å². The summed E-state index contributed by atoms with van der Waals surface area (Å²) in [5, 5.41) is 9.74. The zero-order chi connectivity index (χ0) is 26.4. The first-order valence-electron chi connectivity index (χ1n) is 11.3.